The number of anilines is 1. The number of fused-ring (bicyclic) bond motifs is 1. The van der Waals surface area contributed by atoms with Crippen LogP contribution >= 0.6 is 11.6 Å². The van der Waals surface area contributed by atoms with Crippen molar-refractivity contribution in [3.05, 3.63) is 100 Å². The zero-order valence-corrected chi connectivity index (χ0v) is 15.4. The highest BCUT2D eigenvalue weighted by atomic mass is 35.5. The standard InChI is InChI=1S/C22H15ClN2O3/c23-16-8-10-17(11-9-16)24-20(26)15-5-3-4-14(12-15)13-25-21(27)18-6-1-2-7-19(18)22(25)28/h1-12H,13H2,(H,24,26). The first kappa shape index (κ1) is 17.9. The van der Waals surface area contributed by atoms with E-state index in [4.69, 9.17) is 11.6 Å². The largest absolute Gasteiger partial charge is 0.322 e. The van der Waals surface area contributed by atoms with Crippen molar-refractivity contribution < 1.29 is 14.4 Å². The van der Waals surface area contributed by atoms with Gasteiger partial charge in [-0.05, 0) is 54.1 Å². The highest BCUT2D eigenvalue weighted by molar-refractivity contribution is 6.30. The second-order valence-electron chi connectivity index (χ2n) is 6.40. The molecule has 1 heterocycles. The summed E-state index contributed by atoms with van der Waals surface area (Å²) in [6, 6.07) is 20.4. The molecular weight excluding hydrogens is 376 g/mol. The predicted octanol–water partition coefficient (Wildman–Crippen LogP) is 4.39. The number of carbonyl (C=O) groups is 3. The molecule has 0 aliphatic carbocycles. The van der Waals surface area contributed by atoms with Crippen molar-refractivity contribution in [1.29, 1.82) is 0 Å². The van der Waals surface area contributed by atoms with Gasteiger partial charge in [0.25, 0.3) is 17.7 Å². The van der Waals surface area contributed by atoms with Crippen LogP contribution in [0.2, 0.25) is 5.02 Å². The molecule has 0 radical (unpaired) electrons. The van der Waals surface area contributed by atoms with Crippen LogP contribution in [0.4, 0.5) is 5.69 Å². The summed E-state index contributed by atoms with van der Waals surface area (Å²) >= 11 is 5.85. The number of nitrogens with one attached hydrogen (secondary N) is 1. The van der Waals surface area contributed by atoms with E-state index in [1.807, 2.05) is 0 Å². The molecule has 0 fully saturated rings. The molecule has 1 N–H and O–H groups in total. The van der Waals surface area contributed by atoms with Crippen molar-refractivity contribution in [1.82, 2.24) is 4.90 Å². The molecule has 6 heteroatoms. The summed E-state index contributed by atoms with van der Waals surface area (Å²) in [4.78, 5) is 38.7. The van der Waals surface area contributed by atoms with Crippen LogP contribution in [0.25, 0.3) is 0 Å². The number of amides is 3. The SMILES string of the molecule is O=C(Nc1ccc(Cl)cc1)c1cccc(CN2C(=O)c3ccccc3C2=O)c1. The van der Waals surface area contributed by atoms with Gasteiger partial charge in [-0.25, -0.2) is 0 Å². The van der Waals surface area contributed by atoms with E-state index < -0.39 is 0 Å². The van der Waals surface area contributed by atoms with E-state index in [9.17, 15) is 14.4 Å². The third-order valence-electron chi connectivity index (χ3n) is 4.51. The smallest absolute Gasteiger partial charge is 0.261 e. The minimum Gasteiger partial charge on any atom is -0.322 e. The second-order valence-corrected chi connectivity index (χ2v) is 6.84. The minimum absolute atomic E-state index is 0.106. The van der Waals surface area contributed by atoms with E-state index in [1.165, 1.54) is 4.90 Å². The van der Waals surface area contributed by atoms with E-state index in [1.54, 1.807) is 72.8 Å². The molecule has 0 saturated heterocycles. The van der Waals surface area contributed by atoms with Gasteiger partial charge < -0.3 is 5.32 Å². The number of rotatable bonds is 4. The molecular formula is C22H15ClN2O3. The van der Waals surface area contributed by atoms with Crippen LogP contribution < -0.4 is 5.32 Å². The Labute approximate surface area is 166 Å². The lowest BCUT2D eigenvalue weighted by Crippen LogP contribution is -2.29. The van der Waals surface area contributed by atoms with Crippen molar-refractivity contribution in [2.45, 2.75) is 6.54 Å². The summed E-state index contributed by atoms with van der Waals surface area (Å²) in [5.41, 5.74) is 2.57. The Morgan fingerprint density at radius 2 is 1.50 bits per heavy atom. The maximum atomic E-state index is 12.5. The van der Waals surface area contributed by atoms with Gasteiger partial charge in [-0.15, -0.1) is 0 Å². The van der Waals surface area contributed by atoms with Crippen molar-refractivity contribution in [3.8, 4) is 0 Å². The first-order chi connectivity index (χ1) is 13.5. The lowest BCUT2D eigenvalue weighted by Gasteiger charge is -2.14. The molecule has 1 aliphatic rings. The Balaban J connectivity index is 1.51. The van der Waals surface area contributed by atoms with Gasteiger partial charge in [0, 0.05) is 16.3 Å². The number of imide groups is 1. The third-order valence-corrected chi connectivity index (χ3v) is 4.76. The zero-order chi connectivity index (χ0) is 19.7. The average Bonchev–Trinajstić information content (AvgIpc) is 2.95. The van der Waals surface area contributed by atoms with Crippen molar-refractivity contribution in [2.75, 3.05) is 5.32 Å². The average molecular weight is 391 g/mol. The molecule has 0 spiro atoms. The van der Waals surface area contributed by atoms with Crippen LogP contribution in [-0.2, 0) is 6.54 Å². The number of nitrogens with zero attached hydrogens (tertiary/aromatic N) is 1. The van der Waals surface area contributed by atoms with Crippen LogP contribution in [0.15, 0.2) is 72.8 Å². The molecule has 3 aromatic rings. The quantitative estimate of drug-likeness (QED) is 0.672. The Morgan fingerprint density at radius 3 is 2.14 bits per heavy atom. The monoisotopic (exact) mass is 390 g/mol. The Kier molecular flexibility index (Phi) is 4.67. The predicted molar refractivity (Wildman–Crippen MR) is 106 cm³/mol. The van der Waals surface area contributed by atoms with Gasteiger partial charge in [0.1, 0.15) is 0 Å². The van der Waals surface area contributed by atoms with Gasteiger partial charge in [0.15, 0.2) is 0 Å². The van der Waals surface area contributed by atoms with Crippen molar-refractivity contribution in [2.24, 2.45) is 0 Å². The van der Waals surface area contributed by atoms with Gasteiger partial charge in [0.2, 0.25) is 0 Å². The fourth-order valence-corrected chi connectivity index (χ4v) is 3.24. The summed E-state index contributed by atoms with van der Waals surface area (Å²) < 4.78 is 0. The molecule has 1 aliphatic heterocycles. The van der Waals surface area contributed by atoms with Gasteiger partial charge in [0.05, 0.1) is 17.7 Å². The number of hydrogen-bond acceptors (Lipinski definition) is 3. The summed E-state index contributed by atoms with van der Waals surface area (Å²) in [5, 5.41) is 3.38. The first-order valence-electron chi connectivity index (χ1n) is 8.64. The molecule has 0 saturated carbocycles. The normalized spacial score (nSPS) is 12.8. The third kappa shape index (κ3) is 3.40. The maximum Gasteiger partial charge on any atom is 0.261 e. The van der Waals surface area contributed by atoms with E-state index in [0.717, 1.165) is 0 Å². The molecule has 4 rings (SSSR count). The Morgan fingerprint density at radius 1 is 0.857 bits per heavy atom. The maximum absolute atomic E-state index is 12.5. The van der Waals surface area contributed by atoms with Gasteiger partial charge in [-0.3, -0.25) is 19.3 Å². The molecule has 5 nitrogen and oxygen atoms in total. The van der Waals surface area contributed by atoms with Crippen molar-refractivity contribution >= 4 is 35.0 Å². The summed E-state index contributed by atoms with van der Waals surface area (Å²) in [6.45, 7) is 0.106. The topological polar surface area (TPSA) is 66.5 Å². The van der Waals surface area contributed by atoms with E-state index in [-0.39, 0.29) is 24.3 Å². The summed E-state index contributed by atoms with van der Waals surface area (Å²) in [5.74, 6) is -0.931. The lowest BCUT2D eigenvalue weighted by molar-refractivity contribution is 0.0642. The minimum atomic E-state index is -0.323. The number of halogens is 1. The molecule has 0 unspecified atom stereocenters. The fraction of sp³-hybridized carbons (Fsp3) is 0.0455. The summed E-state index contributed by atoms with van der Waals surface area (Å²) in [6.07, 6.45) is 0. The van der Waals surface area contributed by atoms with Crippen LogP contribution in [0.5, 0.6) is 0 Å². The van der Waals surface area contributed by atoms with Gasteiger partial charge in [-0.2, -0.15) is 0 Å². The van der Waals surface area contributed by atoms with E-state index in [0.29, 0.717) is 33.0 Å². The zero-order valence-electron chi connectivity index (χ0n) is 14.7. The molecule has 28 heavy (non-hydrogen) atoms. The Hall–Kier alpha value is -3.44. The van der Waals surface area contributed by atoms with Gasteiger partial charge in [-0.1, -0.05) is 35.9 Å². The molecule has 0 bridgehead atoms. The molecule has 0 aromatic heterocycles. The number of benzene rings is 3. The first-order valence-corrected chi connectivity index (χ1v) is 9.02. The van der Waals surface area contributed by atoms with Crippen LogP contribution in [0.1, 0.15) is 36.6 Å². The van der Waals surface area contributed by atoms with E-state index in [2.05, 4.69) is 5.32 Å². The highest BCUT2D eigenvalue weighted by Crippen LogP contribution is 2.24. The van der Waals surface area contributed by atoms with Crippen LogP contribution in [0.3, 0.4) is 0 Å². The number of carbonyl (C=O) groups excluding carboxylic acids is 3. The Bertz CT molecular complexity index is 1060. The number of hydrogen-bond donors (Lipinski definition) is 1. The molecule has 0 atom stereocenters. The molecule has 3 amide bonds. The van der Waals surface area contributed by atoms with Gasteiger partial charge >= 0.3 is 0 Å². The second kappa shape index (κ2) is 7.29. The van der Waals surface area contributed by atoms with Crippen molar-refractivity contribution in [3.63, 3.8) is 0 Å². The summed E-state index contributed by atoms with van der Waals surface area (Å²) in [7, 11) is 0. The van der Waals surface area contributed by atoms with Crippen LogP contribution in [-0.4, -0.2) is 22.6 Å². The van der Waals surface area contributed by atoms with E-state index >= 15 is 0 Å². The fourth-order valence-electron chi connectivity index (χ4n) is 3.11. The molecule has 3 aromatic carbocycles. The lowest BCUT2D eigenvalue weighted by atomic mass is 10.1. The molecule has 138 valence electrons. The van der Waals surface area contributed by atoms with Crippen LogP contribution in [0, 0.1) is 0 Å². The highest BCUT2D eigenvalue weighted by Gasteiger charge is 2.34.